The molecule has 0 bridgehead atoms. The van der Waals surface area contributed by atoms with E-state index in [-0.39, 0.29) is 0 Å². The van der Waals surface area contributed by atoms with Crippen LogP contribution in [-0.2, 0) is 4.79 Å². The summed E-state index contributed by atoms with van der Waals surface area (Å²) in [4.78, 5) is 10.1. The van der Waals surface area contributed by atoms with E-state index in [4.69, 9.17) is 0 Å². The van der Waals surface area contributed by atoms with E-state index in [1.54, 1.807) is 0 Å². The summed E-state index contributed by atoms with van der Waals surface area (Å²) in [6.07, 6.45) is 48.1. The van der Waals surface area contributed by atoms with E-state index in [1.165, 1.54) is 192 Å². The van der Waals surface area contributed by atoms with Gasteiger partial charge in [0.05, 0.1) is 0 Å². The molecule has 0 saturated carbocycles. The van der Waals surface area contributed by atoms with Crippen molar-refractivity contribution in [3.63, 3.8) is 0 Å². The minimum Gasteiger partial charge on any atom is -0.286 e. The summed E-state index contributed by atoms with van der Waals surface area (Å²) in [5.74, 6) is 0. The number of hydrogen-bond donors (Lipinski definition) is 0. The molecule has 0 aliphatic carbocycles. The van der Waals surface area contributed by atoms with Crippen molar-refractivity contribution in [1.82, 2.24) is 0 Å². The molecule has 35 heavy (non-hydrogen) atoms. The summed E-state index contributed by atoms with van der Waals surface area (Å²) >= 11 is 0. The molecule has 0 fully saturated rings. The minimum absolute atomic E-state index is 1.04. The Kier molecular flexibility index (Phi) is 32.8. The summed E-state index contributed by atoms with van der Waals surface area (Å²) in [7, 11) is 0. The first kappa shape index (κ1) is 34.4. The molecule has 0 aliphatic heterocycles. The van der Waals surface area contributed by atoms with Crippen LogP contribution in [0.1, 0.15) is 200 Å². The fraction of sp³-hybridized carbons (Fsp3) is 0.912. The molecule has 1 heteroatoms. The highest BCUT2D eigenvalue weighted by atomic mass is 16.1. The lowest BCUT2D eigenvalue weighted by Gasteiger charge is -2.04. The molecule has 0 amide bonds. The molecule has 0 rings (SSSR count). The average molecular weight is 490 g/mol. The van der Waals surface area contributed by atoms with Crippen molar-refractivity contribution in [3.05, 3.63) is 12.2 Å². The van der Waals surface area contributed by atoms with Crippen molar-refractivity contribution in [1.29, 1.82) is 0 Å². The quantitative estimate of drug-likeness (QED) is 0.0698. The lowest BCUT2D eigenvalue weighted by Crippen LogP contribution is -1.85. The first-order valence-corrected chi connectivity index (χ1v) is 16.4. The third-order valence-corrected chi connectivity index (χ3v) is 7.66. The van der Waals surface area contributed by atoms with Crippen molar-refractivity contribution < 1.29 is 4.79 Å². The zero-order chi connectivity index (χ0) is 25.3. The molecule has 0 aromatic carbocycles. The molecule has 0 spiro atoms. The third-order valence-electron chi connectivity index (χ3n) is 7.66. The molecular formula is C34H65O. The Morgan fingerprint density at radius 1 is 0.371 bits per heavy atom. The molecule has 0 atom stereocenters. The first-order valence-electron chi connectivity index (χ1n) is 16.4. The minimum atomic E-state index is 1.04. The molecule has 207 valence electrons. The van der Waals surface area contributed by atoms with Gasteiger partial charge in [0.15, 0.2) is 0 Å². The van der Waals surface area contributed by atoms with Crippen LogP contribution in [0, 0.1) is 0 Å². The van der Waals surface area contributed by atoms with Gasteiger partial charge in [0.25, 0.3) is 0 Å². The summed E-state index contributed by atoms with van der Waals surface area (Å²) in [6.45, 7) is 2.30. The second kappa shape index (κ2) is 33.4. The van der Waals surface area contributed by atoms with Gasteiger partial charge in [-0.3, -0.25) is 4.79 Å². The molecular weight excluding hydrogens is 424 g/mol. The highest BCUT2D eigenvalue weighted by Gasteiger charge is 1.96. The van der Waals surface area contributed by atoms with Crippen LogP contribution in [0.4, 0.5) is 0 Å². The van der Waals surface area contributed by atoms with Gasteiger partial charge in [-0.15, -0.1) is 0 Å². The van der Waals surface area contributed by atoms with Crippen LogP contribution in [0.2, 0.25) is 0 Å². The van der Waals surface area contributed by atoms with Crippen LogP contribution in [0.15, 0.2) is 12.2 Å². The van der Waals surface area contributed by atoms with Gasteiger partial charge < -0.3 is 0 Å². The SMILES string of the molecule is CCCCCCCCCCCCCCCCCCCCCCCCCCCCCCC/C=C/[C]=O. The van der Waals surface area contributed by atoms with E-state index in [1.807, 2.05) is 12.4 Å². The Balaban J connectivity index is 3.02. The maximum absolute atomic E-state index is 10.1. The molecule has 0 N–H and O–H groups in total. The van der Waals surface area contributed by atoms with E-state index in [0.717, 1.165) is 6.42 Å². The molecule has 0 aliphatic rings. The Morgan fingerprint density at radius 3 is 0.829 bits per heavy atom. The number of rotatable bonds is 31. The lowest BCUT2D eigenvalue weighted by molar-refractivity contribution is 0.513. The van der Waals surface area contributed by atoms with Gasteiger partial charge in [0.1, 0.15) is 0 Å². The van der Waals surface area contributed by atoms with Gasteiger partial charge in [-0.2, -0.15) is 0 Å². The van der Waals surface area contributed by atoms with Crippen molar-refractivity contribution >= 4 is 6.29 Å². The Morgan fingerprint density at radius 2 is 0.600 bits per heavy atom. The highest BCUT2D eigenvalue weighted by molar-refractivity contribution is 5.65. The number of hydrogen-bond acceptors (Lipinski definition) is 1. The van der Waals surface area contributed by atoms with Gasteiger partial charge in [-0.1, -0.05) is 193 Å². The van der Waals surface area contributed by atoms with Crippen LogP contribution < -0.4 is 0 Å². The molecule has 1 radical (unpaired) electrons. The summed E-state index contributed by atoms with van der Waals surface area (Å²) in [5.41, 5.74) is 0. The fourth-order valence-electron chi connectivity index (χ4n) is 5.24. The topological polar surface area (TPSA) is 17.1 Å². The van der Waals surface area contributed by atoms with Gasteiger partial charge >= 0.3 is 0 Å². The van der Waals surface area contributed by atoms with Gasteiger partial charge in [0, 0.05) is 0 Å². The summed E-state index contributed by atoms with van der Waals surface area (Å²) < 4.78 is 0. The zero-order valence-corrected chi connectivity index (χ0v) is 24.3. The molecule has 0 heterocycles. The van der Waals surface area contributed by atoms with Crippen molar-refractivity contribution in [2.45, 2.75) is 200 Å². The van der Waals surface area contributed by atoms with Gasteiger partial charge in [0.2, 0.25) is 6.29 Å². The first-order chi connectivity index (χ1) is 17.4. The van der Waals surface area contributed by atoms with E-state index < -0.39 is 0 Å². The van der Waals surface area contributed by atoms with Crippen LogP contribution in [0.25, 0.3) is 0 Å². The maximum atomic E-state index is 10.1. The lowest BCUT2D eigenvalue weighted by atomic mass is 10.0. The Hall–Kier alpha value is -0.590. The second-order valence-electron chi connectivity index (χ2n) is 11.2. The largest absolute Gasteiger partial charge is 0.286 e. The monoisotopic (exact) mass is 490 g/mol. The predicted octanol–water partition coefficient (Wildman–Crippen LogP) is 12.4. The van der Waals surface area contributed by atoms with Crippen molar-refractivity contribution in [2.75, 3.05) is 0 Å². The molecule has 0 aromatic heterocycles. The number of unbranched alkanes of at least 4 members (excludes halogenated alkanes) is 29. The van der Waals surface area contributed by atoms with Crippen molar-refractivity contribution in [3.8, 4) is 0 Å². The summed E-state index contributed by atoms with van der Waals surface area (Å²) in [6, 6.07) is 0. The molecule has 0 saturated heterocycles. The van der Waals surface area contributed by atoms with E-state index in [9.17, 15) is 4.79 Å². The highest BCUT2D eigenvalue weighted by Crippen LogP contribution is 2.16. The molecule has 1 nitrogen and oxygen atoms in total. The van der Waals surface area contributed by atoms with Crippen molar-refractivity contribution in [2.24, 2.45) is 0 Å². The predicted molar refractivity (Wildman–Crippen MR) is 159 cm³/mol. The van der Waals surface area contributed by atoms with Crippen LogP contribution in [-0.4, -0.2) is 6.29 Å². The van der Waals surface area contributed by atoms with Crippen LogP contribution >= 0.6 is 0 Å². The van der Waals surface area contributed by atoms with Gasteiger partial charge in [-0.25, -0.2) is 0 Å². The van der Waals surface area contributed by atoms with Gasteiger partial charge in [-0.05, 0) is 18.9 Å². The third kappa shape index (κ3) is 33.4. The number of carbonyl (C=O) groups excluding carboxylic acids is 1. The fourth-order valence-corrected chi connectivity index (χ4v) is 5.24. The second-order valence-corrected chi connectivity index (χ2v) is 11.2. The van der Waals surface area contributed by atoms with E-state index in [2.05, 4.69) is 6.92 Å². The van der Waals surface area contributed by atoms with Crippen LogP contribution in [0.5, 0.6) is 0 Å². The normalized spacial score (nSPS) is 11.6. The Bertz CT molecular complexity index is 399. The van der Waals surface area contributed by atoms with E-state index >= 15 is 0 Å². The molecule has 0 aromatic rings. The molecule has 0 unspecified atom stereocenters. The zero-order valence-electron chi connectivity index (χ0n) is 24.3. The number of allylic oxidation sites excluding steroid dienone is 2. The maximum Gasteiger partial charge on any atom is 0.225 e. The van der Waals surface area contributed by atoms with Crippen LogP contribution in [0.3, 0.4) is 0 Å². The Labute approximate surface area is 222 Å². The van der Waals surface area contributed by atoms with E-state index in [0.29, 0.717) is 0 Å². The summed E-state index contributed by atoms with van der Waals surface area (Å²) in [5, 5.41) is 0. The smallest absolute Gasteiger partial charge is 0.225 e. The standard InChI is InChI=1S/C34H65O/c1-2-3-4-5-6-7-8-9-10-11-12-13-14-15-16-17-18-19-20-21-22-23-24-25-26-27-28-29-30-31-32-33-34-35/h32-33H,2-31H2,1H3/b33-32+. The average Bonchev–Trinajstić information content (AvgIpc) is 2.87.